The van der Waals surface area contributed by atoms with Gasteiger partial charge in [-0.15, -0.1) is 22.0 Å². The predicted octanol–water partition coefficient (Wildman–Crippen LogP) is 5.22. The van der Waals surface area contributed by atoms with Crippen LogP contribution in [0.2, 0.25) is 0 Å². The fraction of sp³-hybridized carbons (Fsp3) is 0.263. The number of hydrogen-bond acceptors (Lipinski definition) is 5. The third kappa shape index (κ3) is 3.62. The van der Waals surface area contributed by atoms with Crippen molar-refractivity contribution in [1.29, 1.82) is 0 Å². The van der Waals surface area contributed by atoms with Crippen molar-refractivity contribution < 1.29 is 9.15 Å². The topological polar surface area (TPSA) is 48.2 Å². The van der Waals surface area contributed by atoms with E-state index in [1.807, 2.05) is 24.3 Å². The Labute approximate surface area is 146 Å². The lowest BCUT2D eigenvalue weighted by Crippen LogP contribution is -1.90. The van der Waals surface area contributed by atoms with Crippen molar-refractivity contribution in [2.45, 2.75) is 30.9 Å². The predicted molar refractivity (Wildman–Crippen MR) is 96.5 cm³/mol. The van der Waals surface area contributed by atoms with Gasteiger partial charge in [-0.3, -0.25) is 0 Å². The van der Waals surface area contributed by atoms with Gasteiger partial charge in [0.2, 0.25) is 11.8 Å². The second-order valence-corrected chi connectivity index (χ2v) is 7.09. The van der Waals surface area contributed by atoms with Crippen LogP contribution in [0.1, 0.15) is 29.2 Å². The number of hydrogen-bond donors (Lipinski definition) is 0. The molecule has 0 aliphatic heterocycles. The molecule has 1 aromatic heterocycles. The molecule has 0 amide bonds. The van der Waals surface area contributed by atoms with E-state index < -0.39 is 0 Å². The second kappa shape index (κ2) is 7.09. The summed E-state index contributed by atoms with van der Waals surface area (Å²) >= 11 is 1.73. The van der Waals surface area contributed by atoms with E-state index in [2.05, 4.69) is 49.2 Å². The first-order chi connectivity index (χ1) is 11.6. The van der Waals surface area contributed by atoms with Crippen molar-refractivity contribution in [2.24, 2.45) is 0 Å². The van der Waals surface area contributed by atoms with Crippen LogP contribution in [-0.4, -0.2) is 17.3 Å². The van der Waals surface area contributed by atoms with E-state index in [4.69, 9.17) is 9.15 Å². The van der Waals surface area contributed by atoms with Crippen LogP contribution in [0.4, 0.5) is 0 Å². The Hall–Kier alpha value is -2.27. The van der Waals surface area contributed by atoms with E-state index >= 15 is 0 Å². The fourth-order valence-electron chi connectivity index (χ4n) is 2.42. The van der Waals surface area contributed by atoms with E-state index in [1.165, 1.54) is 16.0 Å². The minimum absolute atomic E-state index is 0.0888. The van der Waals surface area contributed by atoms with Crippen molar-refractivity contribution in [3.8, 4) is 17.2 Å². The van der Waals surface area contributed by atoms with E-state index in [0.29, 0.717) is 11.8 Å². The summed E-state index contributed by atoms with van der Waals surface area (Å²) in [6, 6.07) is 14.0. The summed E-state index contributed by atoms with van der Waals surface area (Å²) in [4.78, 5) is 1.23. The number of ether oxygens (including phenoxy) is 1. The highest BCUT2D eigenvalue weighted by Gasteiger charge is 2.17. The Morgan fingerprint density at radius 3 is 2.46 bits per heavy atom. The molecular weight excluding hydrogens is 320 g/mol. The number of aromatic nitrogens is 2. The van der Waals surface area contributed by atoms with Crippen LogP contribution >= 0.6 is 11.8 Å². The lowest BCUT2D eigenvalue weighted by Gasteiger charge is -2.10. The van der Waals surface area contributed by atoms with Crippen molar-refractivity contribution in [2.75, 3.05) is 7.11 Å². The van der Waals surface area contributed by atoms with Gasteiger partial charge in [0.25, 0.3) is 0 Å². The van der Waals surface area contributed by atoms with Crippen LogP contribution < -0.4 is 4.74 Å². The van der Waals surface area contributed by atoms with Crippen molar-refractivity contribution >= 4 is 11.8 Å². The molecular formula is C19H20N2O2S. The summed E-state index contributed by atoms with van der Waals surface area (Å²) in [5.41, 5.74) is 3.42. The Morgan fingerprint density at radius 2 is 1.79 bits per heavy atom. The average molecular weight is 340 g/mol. The summed E-state index contributed by atoms with van der Waals surface area (Å²) in [7, 11) is 1.64. The molecule has 0 saturated carbocycles. The Bertz CT molecular complexity index is 828. The summed E-state index contributed by atoms with van der Waals surface area (Å²) in [6.07, 6.45) is 0. The van der Waals surface area contributed by atoms with Gasteiger partial charge >= 0.3 is 0 Å². The van der Waals surface area contributed by atoms with Gasteiger partial charge in [0.15, 0.2) is 0 Å². The molecule has 0 aliphatic carbocycles. The zero-order valence-electron chi connectivity index (χ0n) is 14.2. The molecule has 0 bridgehead atoms. The standard InChI is InChI=1S/C19H20N2O2S/c1-12-5-10-17(13(2)11-12)24-14(3)18-20-21-19(23-18)15-6-8-16(22-4)9-7-15/h5-11,14H,1-4H3/t14-/m0/s1. The molecule has 0 saturated heterocycles. The molecule has 24 heavy (non-hydrogen) atoms. The van der Waals surface area contributed by atoms with Crippen LogP contribution in [-0.2, 0) is 0 Å². The number of benzene rings is 2. The zero-order chi connectivity index (χ0) is 17.1. The van der Waals surface area contributed by atoms with Gasteiger partial charge in [0, 0.05) is 10.5 Å². The van der Waals surface area contributed by atoms with Gasteiger partial charge in [-0.1, -0.05) is 17.7 Å². The summed E-state index contributed by atoms with van der Waals surface area (Å²) < 4.78 is 11.0. The first kappa shape index (κ1) is 16.6. The Kier molecular flexibility index (Phi) is 4.90. The molecule has 0 radical (unpaired) electrons. The first-order valence-corrected chi connectivity index (χ1v) is 8.66. The zero-order valence-corrected chi connectivity index (χ0v) is 15.1. The largest absolute Gasteiger partial charge is 0.497 e. The maximum atomic E-state index is 5.86. The van der Waals surface area contributed by atoms with Crippen LogP contribution in [0.25, 0.3) is 11.5 Å². The normalized spacial score (nSPS) is 12.2. The maximum Gasteiger partial charge on any atom is 0.247 e. The third-order valence-electron chi connectivity index (χ3n) is 3.76. The minimum Gasteiger partial charge on any atom is -0.497 e. The quantitative estimate of drug-likeness (QED) is 0.596. The van der Waals surface area contributed by atoms with E-state index in [1.54, 1.807) is 18.9 Å². The molecule has 0 aliphatic rings. The van der Waals surface area contributed by atoms with Crippen molar-refractivity contribution in [1.82, 2.24) is 10.2 Å². The molecule has 1 heterocycles. The lowest BCUT2D eigenvalue weighted by molar-refractivity contribution is 0.415. The average Bonchev–Trinajstić information content (AvgIpc) is 3.07. The number of aryl methyl sites for hydroxylation is 2. The highest BCUT2D eigenvalue weighted by Crippen LogP contribution is 2.37. The molecule has 0 N–H and O–H groups in total. The molecule has 0 unspecified atom stereocenters. The Balaban J connectivity index is 1.76. The van der Waals surface area contributed by atoms with Gasteiger partial charge in [-0.2, -0.15) is 0 Å². The number of rotatable bonds is 5. The van der Waals surface area contributed by atoms with Crippen molar-refractivity contribution in [3.63, 3.8) is 0 Å². The molecule has 124 valence electrons. The first-order valence-electron chi connectivity index (χ1n) is 7.78. The van der Waals surface area contributed by atoms with E-state index in [-0.39, 0.29) is 5.25 Å². The van der Waals surface area contributed by atoms with Crippen LogP contribution in [0.15, 0.2) is 51.8 Å². The summed E-state index contributed by atoms with van der Waals surface area (Å²) in [5, 5.41) is 8.47. The maximum absolute atomic E-state index is 5.86. The van der Waals surface area contributed by atoms with Gasteiger partial charge in [-0.25, -0.2) is 0 Å². The highest BCUT2D eigenvalue weighted by atomic mass is 32.2. The number of nitrogens with zero attached hydrogens (tertiary/aromatic N) is 2. The highest BCUT2D eigenvalue weighted by molar-refractivity contribution is 7.99. The molecule has 0 fully saturated rings. The van der Waals surface area contributed by atoms with Gasteiger partial charge in [0.05, 0.1) is 12.4 Å². The number of methoxy groups -OCH3 is 1. The molecule has 4 nitrogen and oxygen atoms in total. The van der Waals surface area contributed by atoms with Crippen LogP contribution in [0.3, 0.4) is 0 Å². The van der Waals surface area contributed by atoms with Gasteiger partial charge in [0.1, 0.15) is 5.75 Å². The monoisotopic (exact) mass is 340 g/mol. The van der Waals surface area contributed by atoms with Crippen molar-refractivity contribution in [3.05, 3.63) is 59.5 Å². The summed E-state index contributed by atoms with van der Waals surface area (Å²) in [5.74, 6) is 1.96. The molecule has 3 rings (SSSR count). The third-order valence-corrected chi connectivity index (χ3v) is 5.03. The lowest BCUT2D eigenvalue weighted by atomic mass is 10.2. The van der Waals surface area contributed by atoms with Crippen LogP contribution in [0, 0.1) is 13.8 Å². The molecule has 2 aromatic carbocycles. The van der Waals surface area contributed by atoms with Gasteiger partial charge < -0.3 is 9.15 Å². The molecule has 0 spiro atoms. The summed E-state index contributed by atoms with van der Waals surface area (Å²) in [6.45, 7) is 6.30. The number of thioether (sulfide) groups is 1. The van der Waals surface area contributed by atoms with Gasteiger partial charge in [-0.05, 0) is 56.7 Å². The molecule has 1 atom stereocenters. The fourth-order valence-corrected chi connectivity index (χ4v) is 3.39. The van der Waals surface area contributed by atoms with E-state index in [9.17, 15) is 0 Å². The van der Waals surface area contributed by atoms with E-state index in [0.717, 1.165) is 11.3 Å². The minimum atomic E-state index is 0.0888. The Morgan fingerprint density at radius 1 is 1.04 bits per heavy atom. The smallest absolute Gasteiger partial charge is 0.247 e. The van der Waals surface area contributed by atoms with Crippen LogP contribution in [0.5, 0.6) is 5.75 Å². The molecule has 3 aromatic rings. The molecule has 5 heteroatoms. The second-order valence-electron chi connectivity index (χ2n) is 5.70. The SMILES string of the molecule is COc1ccc(-c2nnc([C@H](C)Sc3ccc(C)cc3C)o2)cc1.